The summed E-state index contributed by atoms with van der Waals surface area (Å²) in [6.45, 7) is 3.07. The zero-order valence-electron chi connectivity index (χ0n) is 23.6. The van der Waals surface area contributed by atoms with E-state index in [1.165, 1.54) is 10.6 Å². The van der Waals surface area contributed by atoms with E-state index in [2.05, 4.69) is 27.2 Å². The quantitative estimate of drug-likeness (QED) is 0.544. The number of sulfonamides is 1. The number of nitrogens with one attached hydrogen (secondary N) is 1. The molecule has 3 heterocycles. The number of nitrogens with zero attached hydrogens (tertiary/aromatic N) is 3. The molecule has 4 aliphatic carbocycles. The molecule has 3 aliphatic heterocycles. The number of rotatable bonds is 6. The topological polar surface area (TPSA) is 102 Å². The Labute approximate surface area is 238 Å². The first-order chi connectivity index (χ1) is 19.1. The van der Waals surface area contributed by atoms with E-state index in [0.29, 0.717) is 68.5 Å². The largest absolute Gasteiger partial charge is 0.493 e. The highest BCUT2D eigenvalue weighted by molar-refractivity contribution is 7.88. The minimum absolute atomic E-state index is 0.129. The van der Waals surface area contributed by atoms with Crippen molar-refractivity contribution in [3.8, 4) is 5.75 Å². The SMILES string of the molecule is CS(=O)(=O)N1CCN(c2ccc(OCC3CC4CCC(C3)N4C(=O)NC3[C@@H]4CC5C[C@H]3CC(O)(C5)C4)cc2)CC1. The highest BCUT2D eigenvalue weighted by Gasteiger charge is 2.55. The average Bonchev–Trinajstić information content (AvgIpc) is 3.18. The molecular formula is C30H44N4O5S. The molecule has 0 spiro atoms. The number of amides is 2. The van der Waals surface area contributed by atoms with Gasteiger partial charge in [0, 0.05) is 50.0 Å². The smallest absolute Gasteiger partial charge is 0.318 e. The van der Waals surface area contributed by atoms with Gasteiger partial charge in [-0.15, -0.1) is 0 Å². The van der Waals surface area contributed by atoms with Crippen LogP contribution < -0.4 is 15.0 Å². The number of carbonyl (C=O) groups is 1. The molecule has 10 heteroatoms. The number of urea groups is 1. The zero-order valence-corrected chi connectivity index (χ0v) is 24.4. The molecule has 1 aromatic rings. The molecule has 0 aromatic heterocycles. The molecule has 4 saturated carbocycles. The minimum Gasteiger partial charge on any atom is -0.493 e. The van der Waals surface area contributed by atoms with Crippen molar-refractivity contribution in [3.63, 3.8) is 0 Å². The summed E-state index contributed by atoms with van der Waals surface area (Å²) in [6.07, 6.45) is 10.4. The summed E-state index contributed by atoms with van der Waals surface area (Å²) in [5.74, 6) is 2.83. The van der Waals surface area contributed by atoms with E-state index in [1.54, 1.807) is 0 Å². The Balaban J connectivity index is 0.897. The normalized spacial score (nSPS) is 39.0. The van der Waals surface area contributed by atoms with Gasteiger partial charge in [-0.2, -0.15) is 4.31 Å². The van der Waals surface area contributed by atoms with Crippen LogP contribution in [-0.2, 0) is 10.0 Å². The number of carbonyl (C=O) groups excluding carboxylic acids is 1. The predicted octanol–water partition coefficient (Wildman–Crippen LogP) is 3.04. The van der Waals surface area contributed by atoms with Crippen molar-refractivity contribution in [2.75, 3.05) is 43.9 Å². The van der Waals surface area contributed by atoms with Gasteiger partial charge < -0.3 is 25.0 Å². The molecular weight excluding hydrogens is 528 g/mol. The Morgan fingerprint density at radius 1 is 0.975 bits per heavy atom. The van der Waals surface area contributed by atoms with Gasteiger partial charge in [-0.25, -0.2) is 13.2 Å². The minimum atomic E-state index is -3.13. The Kier molecular flexibility index (Phi) is 6.74. The number of aliphatic hydroxyl groups is 1. The Morgan fingerprint density at radius 2 is 1.60 bits per heavy atom. The summed E-state index contributed by atoms with van der Waals surface area (Å²) in [5, 5.41) is 14.4. The lowest BCUT2D eigenvalue weighted by Gasteiger charge is -2.58. The van der Waals surface area contributed by atoms with Gasteiger partial charge >= 0.3 is 6.03 Å². The number of anilines is 1. The molecule has 8 rings (SSSR count). The first-order valence-electron chi connectivity index (χ1n) is 15.4. The van der Waals surface area contributed by atoms with Crippen molar-refractivity contribution in [3.05, 3.63) is 24.3 Å². The van der Waals surface area contributed by atoms with Crippen molar-refractivity contribution in [1.29, 1.82) is 0 Å². The van der Waals surface area contributed by atoms with E-state index in [4.69, 9.17) is 4.74 Å². The third-order valence-electron chi connectivity index (χ3n) is 11.0. The molecule has 9 nitrogen and oxygen atoms in total. The molecule has 40 heavy (non-hydrogen) atoms. The summed E-state index contributed by atoms with van der Waals surface area (Å²) in [4.78, 5) is 17.9. The summed E-state index contributed by atoms with van der Waals surface area (Å²) in [6, 6.07) is 9.09. The van der Waals surface area contributed by atoms with Gasteiger partial charge in [0.1, 0.15) is 5.75 Å². The number of piperidine rings is 1. The Hall–Kier alpha value is -2.04. The van der Waals surface area contributed by atoms with Crippen molar-refractivity contribution >= 4 is 21.7 Å². The molecule has 2 amide bonds. The summed E-state index contributed by atoms with van der Waals surface area (Å²) >= 11 is 0. The van der Waals surface area contributed by atoms with Crippen LogP contribution in [0.4, 0.5) is 10.5 Å². The molecule has 1 aromatic carbocycles. The second-order valence-corrected chi connectivity index (χ2v) is 15.7. The third-order valence-corrected chi connectivity index (χ3v) is 12.3. The number of ether oxygens (including phenoxy) is 1. The number of benzene rings is 1. The van der Waals surface area contributed by atoms with Crippen LogP contribution in [0.2, 0.25) is 0 Å². The van der Waals surface area contributed by atoms with E-state index in [9.17, 15) is 18.3 Å². The molecule has 7 fully saturated rings. The third kappa shape index (κ3) is 5.09. The lowest BCUT2D eigenvalue weighted by Crippen LogP contribution is -2.63. The van der Waals surface area contributed by atoms with Crippen LogP contribution in [0, 0.1) is 23.7 Å². The molecule has 5 unspecified atom stereocenters. The van der Waals surface area contributed by atoms with E-state index in [0.717, 1.165) is 69.2 Å². The molecule has 7 atom stereocenters. The van der Waals surface area contributed by atoms with Gasteiger partial charge in [-0.1, -0.05) is 0 Å². The first-order valence-corrected chi connectivity index (χ1v) is 17.2. The van der Waals surface area contributed by atoms with Gasteiger partial charge in [0.15, 0.2) is 0 Å². The summed E-state index contributed by atoms with van der Waals surface area (Å²) in [7, 11) is -3.13. The fourth-order valence-electron chi connectivity index (χ4n) is 9.44. The lowest BCUT2D eigenvalue weighted by molar-refractivity contribution is -0.137. The van der Waals surface area contributed by atoms with Crippen LogP contribution in [0.15, 0.2) is 24.3 Å². The summed E-state index contributed by atoms with van der Waals surface area (Å²) in [5.41, 5.74) is 0.622. The maximum Gasteiger partial charge on any atom is 0.318 e. The summed E-state index contributed by atoms with van der Waals surface area (Å²) < 4.78 is 31.3. The maximum atomic E-state index is 13.5. The van der Waals surface area contributed by atoms with E-state index in [-0.39, 0.29) is 12.1 Å². The van der Waals surface area contributed by atoms with Gasteiger partial charge in [0.25, 0.3) is 0 Å². The van der Waals surface area contributed by atoms with Crippen molar-refractivity contribution in [1.82, 2.24) is 14.5 Å². The maximum absolute atomic E-state index is 13.5. The van der Waals surface area contributed by atoms with Gasteiger partial charge in [-0.05, 0) is 106 Å². The molecule has 0 radical (unpaired) electrons. The van der Waals surface area contributed by atoms with Crippen LogP contribution in [0.5, 0.6) is 5.75 Å². The van der Waals surface area contributed by atoms with E-state index in [1.807, 2.05) is 12.1 Å². The molecule has 3 saturated heterocycles. The van der Waals surface area contributed by atoms with Crippen LogP contribution in [-0.4, -0.2) is 91.5 Å². The van der Waals surface area contributed by atoms with E-state index < -0.39 is 15.6 Å². The van der Waals surface area contributed by atoms with Crippen LogP contribution >= 0.6 is 0 Å². The zero-order chi connectivity index (χ0) is 27.6. The highest BCUT2D eigenvalue weighted by Crippen LogP contribution is 2.55. The number of piperazine rings is 1. The Bertz CT molecular complexity index is 1190. The number of hydrogen-bond donors (Lipinski definition) is 2. The Morgan fingerprint density at radius 3 is 2.17 bits per heavy atom. The van der Waals surface area contributed by atoms with Gasteiger partial charge in [-0.3, -0.25) is 0 Å². The fourth-order valence-corrected chi connectivity index (χ4v) is 10.3. The van der Waals surface area contributed by atoms with Crippen molar-refractivity contribution in [2.45, 2.75) is 81.5 Å². The first kappa shape index (κ1) is 26.8. The molecule has 7 aliphatic rings. The van der Waals surface area contributed by atoms with Crippen LogP contribution in [0.3, 0.4) is 0 Å². The lowest BCUT2D eigenvalue weighted by atomic mass is 9.52. The second-order valence-electron chi connectivity index (χ2n) is 13.8. The number of fused-ring (bicyclic) bond motifs is 2. The average molecular weight is 573 g/mol. The molecule has 220 valence electrons. The number of hydrogen-bond acceptors (Lipinski definition) is 6. The van der Waals surface area contributed by atoms with Crippen LogP contribution in [0.25, 0.3) is 0 Å². The molecule has 2 N–H and O–H groups in total. The standard InChI is InChI=1S/C30H44N4O5S/c1-40(37,38)33-10-8-32(9-11-33)24-4-6-27(7-5-24)39-19-21-14-25-2-3-26(15-21)34(25)29(35)31-28-22-12-20-13-23(28)18-30(36,16-20)17-22/h4-7,20-23,25-26,28,36H,2-3,8-19H2,1H3,(H,31,35)/t20?,21?,22-,23+,25?,26?,28?,30?. The fraction of sp³-hybridized carbons (Fsp3) is 0.767. The van der Waals surface area contributed by atoms with Gasteiger partial charge in [0.05, 0.1) is 18.5 Å². The predicted molar refractivity (Wildman–Crippen MR) is 153 cm³/mol. The van der Waals surface area contributed by atoms with Gasteiger partial charge in [0.2, 0.25) is 10.0 Å². The highest BCUT2D eigenvalue weighted by atomic mass is 32.2. The van der Waals surface area contributed by atoms with Crippen molar-refractivity contribution < 1.29 is 23.1 Å². The van der Waals surface area contributed by atoms with Crippen LogP contribution in [0.1, 0.15) is 57.8 Å². The second kappa shape index (κ2) is 10.1. The van der Waals surface area contributed by atoms with Crippen molar-refractivity contribution in [2.24, 2.45) is 23.7 Å². The van der Waals surface area contributed by atoms with E-state index >= 15 is 0 Å². The monoisotopic (exact) mass is 572 g/mol. The molecule has 6 bridgehead atoms.